The lowest BCUT2D eigenvalue weighted by Crippen LogP contribution is -2.39. The van der Waals surface area contributed by atoms with Gasteiger partial charge in [-0.05, 0) is 32.3 Å². The molecule has 0 aliphatic heterocycles. The van der Waals surface area contributed by atoms with Gasteiger partial charge in [-0.1, -0.05) is 29.8 Å². The number of nitrogens with zero attached hydrogens (tertiary/aromatic N) is 5. The zero-order valence-electron chi connectivity index (χ0n) is 15.4. The van der Waals surface area contributed by atoms with Gasteiger partial charge in [0.2, 0.25) is 0 Å². The highest BCUT2D eigenvalue weighted by Crippen LogP contribution is 2.19. The molecular formula is C18H27IN6. The molecule has 2 aromatic rings. The number of hydrogen-bond donors (Lipinski definition) is 1. The molecule has 1 aliphatic rings. The zero-order chi connectivity index (χ0) is 17.1. The summed E-state index contributed by atoms with van der Waals surface area (Å²) in [6.07, 6.45) is 2.45. The standard InChI is InChI=1S/C18H26N6.HI/c1-13-5-7-15(8-6-13)12-23(3)18(20-16-9-10-16)19-11-17-22-21-14(2)24(17)4;/h5-8,16H,9-12H2,1-4H3,(H,19,20);1H. The van der Waals surface area contributed by atoms with Gasteiger partial charge in [0.25, 0.3) is 0 Å². The molecule has 1 aromatic carbocycles. The third-order valence-corrected chi connectivity index (χ3v) is 4.37. The van der Waals surface area contributed by atoms with E-state index in [0.29, 0.717) is 12.6 Å². The van der Waals surface area contributed by atoms with E-state index in [4.69, 9.17) is 4.99 Å². The summed E-state index contributed by atoms with van der Waals surface area (Å²) in [7, 11) is 4.06. The predicted octanol–water partition coefficient (Wildman–Crippen LogP) is 2.79. The number of aliphatic imine (C=N–C) groups is 1. The molecule has 1 heterocycles. The van der Waals surface area contributed by atoms with E-state index < -0.39 is 0 Å². The van der Waals surface area contributed by atoms with Gasteiger partial charge in [0.05, 0.1) is 0 Å². The van der Waals surface area contributed by atoms with Crippen molar-refractivity contribution in [2.45, 2.75) is 45.8 Å². The average molecular weight is 454 g/mol. The monoisotopic (exact) mass is 454 g/mol. The summed E-state index contributed by atoms with van der Waals surface area (Å²) in [4.78, 5) is 6.94. The Balaban J connectivity index is 0.00000225. The third-order valence-electron chi connectivity index (χ3n) is 4.37. The fourth-order valence-electron chi connectivity index (χ4n) is 2.46. The predicted molar refractivity (Wildman–Crippen MR) is 111 cm³/mol. The van der Waals surface area contributed by atoms with Gasteiger partial charge in [-0.15, -0.1) is 34.2 Å². The highest BCUT2D eigenvalue weighted by Gasteiger charge is 2.24. The Morgan fingerprint density at radius 1 is 1.24 bits per heavy atom. The van der Waals surface area contributed by atoms with E-state index >= 15 is 0 Å². The molecule has 1 aromatic heterocycles. The third kappa shape index (κ3) is 5.42. The molecule has 136 valence electrons. The van der Waals surface area contributed by atoms with Gasteiger partial charge in [-0.25, -0.2) is 4.99 Å². The zero-order valence-corrected chi connectivity index (χ0v) is 17.7. The molecule has 1 aliphatic carbocycles. The fraction of sp³-hybridized carbons (Fsp3) is 0.500. The Morgan fingerprint density at radius 3 is 2.48 bits per heavy atom. The minimum absolute atomic E-state index is 0. The van der Waals surface area contributed by atoms with Crippen LogP contribution in [-0.4, -0.2) is 38.7 Å². The average Bonchev–Trinajstić information content (AvgIpc) is 3.33. The normalized spacial score (nSPS) is 14.2. The van der Waals surface area contributed by atoms with Crippen LogP contribution in [0.25, 0.3) is 0 Å². The second-order valence-electron chi connectivity index (χ2n) is 6.62. The number of aromatic nitrogens is 3. The number of nitrogens with one attached hydrogen (secondary N) is 1. The van der Waals surface area contributed by atoms with Gasteiger partial charge >= 0.3 is 0 Å². The van der Waals surface area contributed by atoms with Crippen LogP contribution in [0.1, 0.15) is 35.6 Å². The number of aryl methyl sites for hydroxylation is 2. The van der Waals surface area contributed by atoms with Crippen LogP contribution in [0.2, 0.25) is 0 Å². The van der Waals surface area contributed by atoms with Gasteiger partial charge in [0.15, 0.2) is 11.8 Å². The second kappa shape index (κ2) is 8.64. The molecule has 1 saturated carbocycles. The Hall–Kier alpha value is -1.64. The van der Waals surface area contributed by atoms with Crippen LogP contribution in [0.5, 0.6) is 0 Å². The van der Waals surface area contributed by atoms with E-state index in [-0.39, 0.29) is 24.0 Å². The van der Waals surface area contributed by atoms with Crippen molar-refractivity contribution in [1.82, 2.24) is 25.0 Å². The van der Waals surface area contributed by atoms with Gasteiger partial charge in [0, 0.05) is 26.7 Å². The van der Waals surface area contributed by atoms with Crippen LogP contribution in [0.4, 0.5) is 0 Å². The Labute approximate surface area is 166 Å². The Bertz CT molecular complexity index is 718. The minimum atomic E-state index is 0. The molecule has 6 nitrogen and oxygen atoms in total. The molecule has 0 amide bonds. The van der Waals surface area contributed by atoms with E-state index in [1.165, 1.54) is 24.0 Å². The quantitative estimate of drug-likeness (QED) is 0.429. The lowest BCUT2D eigenvalue weighted by molar-refractivity contribution is 0.473. The molecule has 0 radical (unpaired) electrons. The molecule has 0 unspecified atom stereocenters. The molecule has 0 saturated heterocycles. The second-order valence-corrected chi connectivity index (χ2v) is 6.62. The van der Waals surface area contributed by atoms with Crippen molar-refractivity contribution in [3.63, 3.8) is 0 Å². The molecular weight excluding hydrogens is 427 g/mol. The van der Waals surface area contributed by atoms with Crippen molar-refractivity contribution in [3.8, 4) is 0 Å². The van der Waals surface area contributed by atoms with E-state index in [1.807, 2.05) is 18.5 Å². The fourth-order valence-corrected chi connectivity index (χ4v) is 2.46. The first-order chi connectivity index (χ1) is 11.5. The maximum atomic E-state index is 4.77. The largest absolute Gasteiger partial charge is 0.353 e. The maximum Gasteiger partial charge on any atom is 0.194 e. The summed E-state index contributed by atoms with van der Waals surface area (Å²) >= 11 is 0. The van der Waals surface area contributed by atoms with Gasteiger partial charge in [-0.3, -0.25) is 0 Å². The van der Waals surface area contributed by atoms with E-state index in [0.717, 1.165) is 24.2 Å². The van der Waals surface area contributed by atoms with Crippen molar-refractivity contribution in [2.75, 3.05) is 7.05 Å². The van der Waals surface area contributed by atoms with Gasteiger partial charge in [0.1, 0.15) is 12.4 Å². The minimum Gasteiger partial charge on any atom is -0.353 e. The summed E-state index contributed by atoms with van der Waals surface area (Å²) in [5.74, 6) is 2.72. The van der Waals surface area contributed by atoms with Gasteiger partial charge in [-0.2, -0.15) is 0 Å². The summed E-state index contributed by atoms with van der Waals surface area (Å²) in [6, 6.07) is 9.21. The molecule has 0 atom stereocenters. The van der Waals surface area contributed by atoms with Crippen molar-refractivity contribution < 1.29 is 0 Å². The smallest absolute Gasteiger partial charge is 0.194 e. The molecule has 0 spiro atoms. The summed E-state index contributed by atoms with van der Waals surface area (Å²) < 4.78 is 1.98. The first-order valence-corrected chi connectivity index (χ1v) is 8.45. The number of rotatable bonds is 5. The molecule has 0 bridgehead atoms. The van der Waals surface area contributed by atoms with Crippen LogP contribution in [0.3, 0.4) is 0 Å². The Morgan fingerprint density at radius 2 is 1.92 bits per heavy atom. The van der Waals surface area contributed by atoms with Crippen molar-refractivity contribution in [2.24, 2.45) is 12.0 Å². The maximum absolute atomic E-state index is 4.77. The Kier molecular flexibility index (Phi) is 6.80. The SMILES string of the molecule is Cc1ccc(CN(C)C(=NCc2nnc(C)n2C)NC2CC2)cc1.I. The van der Waals surface area contributed by atoms with Crippen LogP contribution in [0, 0.1) is 13.8 Å². The van der Waals surface area contributed by atoms with Crippen LogP contribution in [0.15, 0.2) is 29.3 Å². The molecule has 1 N–H and O–H groups in total. The van der Waals surface area contributed by atoms with E-state index in [9.17, 15) is 0 Å². The van der Waals surface area contributed by atoms with Crippen molar-refractivity contribution in [3.05, 3.63) is 47.0 Å². The highest BCUT2D eigenvalue weighted by atomic mass is 127. The lowest BCUT2D eigenvalue weighted by Gasteiger charge is -2.22. The number of halogens is 1. The molecule has 1 fully saturated rings. The van der Waals surface area contributed by atoms with E-state index in [1.54, 1.807) is 0 Å². The van der Waals surface area contributed by atoms with Crippen molar-refractivity contribution in [1.29, 1.82) is 0 Å². The molecule has 7 heteroatoms. The first-order valence-electron chi connectivity index (χ1n) is 8.45. The van der Waals surface area contributed by atoms with Crippen LogP contribution >= 0.6 is 24.0 Å². The van der Waals surface area contributed by atoms with E-state index in [2.05, 4.69) is 58.7 Å². The highest BCUT2D eigenvalue weighted by molar-refractivity contribution is 14.0. The number of guanidine groups is 1. The first kappa shape index (κ1) is 19.7. The molecule has 3 rings (SSSR count). The molecule has 25 heavy (non-hydrogen) atoms. The topological polar surface area (TPSA) is 58.3 Å². The number of hydrogen-bond acceptors (Lipinski definition) is 3. The van der Waals surface area contributed by atoms with Crippen LogP contribution in [-0.2, 0) is 20.1 Å². The van der Waals surface area contributed by atoms with Crippen molar-refractivity contribution >= 4 is 29.9 Å². The summed E-state index contributed by atoms with van der Waals surface area (Å²) in [5.41, 5.74) is 2.56. The van der Waals surface area contributed by atoms with Gasteiger partial charge < -0.3 is 14.8 Å². The summed E-state index contributed by atoms with van der Waals surface area (Å²) in [5, 5.41) is 11.8. The number of benzene rings is 1. The van der Waals surface area contributed by atoms with Crippen LogP contribution < -0.4 is 5.32 Å². The summed E-state index contributed by atoms with van der Waals surface area (Å²) in [6.45, 7) is 5.42. The lowest BCUT2D eigenvalue weighted by atomic mass is 10.1.